The van der Waals surface area contributed by atoms with Crippen LogP contribution in [0.1, 0.15) is 25.7 Å². The van der Waals surface area contributed by atoms with Crippen LogP contribution in [0, 0.1) is 5.92 Å². The fraction of sp³-hybridized carbons (Fsp3) is 0.889. The molecule has 0 bridgehead atoms. The summed E-state index contributed by atoms with van der Waals surface area (Å²) >= 11 is -0.449. The van der Waals surface area contributed by atoms with Crippen molar-refractivity contribution in [2.24, 2.45) is 5.92 Å². The Balaban J connectivity index is 2.00. The van der Waals surface area contributed by atoms with Gasteiger partial charge in [0, 0.05) is 0 Å². The first-order valence-electron chi connectivity index (χ1n) is 5.07. The van der Waals surface area contributed by atoms with Crippen LogP contribution in [0.15, 0.2) is 0 Å². The van der Waals surface area contributed by atoms with Gasteiger partial charge >= 0.3 is 11.5 Å². The predicted octanol–water partition coefficient (Wildman–Crippen LogP) is 3.26. The van der Waals surface area contributed by atoms with E-state index >= 15 is 0 Å². The second kappa shape index (κ2) is 6.34. The molecule has 1 fully saturated rings. The molecule has 0 aromatic rings. The highest BCUT2D eigenvalue weighted by Crippen LogP contribution is 2.34. The number of ether oxygens (including phenoxy) is 1. The van der Waals surface area contributed by atoms with E-state index in [1.807, 2.05) is 0 Å². The highest BCUT2D eigenvalue weighted by Gasteiger charge is 2.24. The number of carbonyl (C=O) groups excluding carboxylic acids is 1. The fourth-order valence-corrected chi connectivity index (χ4v) is 1.89. The molecule has 0 amide bonds. The van der Waals surface area contributed by atoms with Crippen molar-refractivity contribution in [2.75, 3.05) is 13.2 Å². The summed E-state index contributed by atoms with van der Waals surface area (Å²) in [7, 11) is 0. The number of rotatable bonds is 5. The van der Waals surface area contributed by atoms with Crippen molar-refractivity contribution in [1.29, 1.82) is 0 Å². The van der Waals surface area contributed by atoms with Gasteiger partial charge in [-0.25, -0.2) is 0 Å². The minimum Gasteiger partial charge on any atom is -0.596 e. The van der Waals surface area contributed by atoms with Crippen LogP contribution >= 0.6 is 11.9 Å². The van der Waals surface area contributed by atoms with Crippen LogP contribution in [-0.4, -0.2) is 24.6 Å². The third kappa shape index (κ3) is 5.60. The SMILES string of the molecule is O=C(OCC[N-]SC(F)(F)F)C1CCCC1. The van der Waals surface area contributed by atoms with Gasteiger partial charge in [0.1, 0.15) is 0 Å². The highest BCUT2D eigenvalue weighted by molar-refractivity contribution is 8.02. The Morgan fingerprint density at radius 1 is 1.38 bits per heavy atom. The van der Waals surface area contributed by atoms with Crippen LogP contribution in [0.25, 0.3) is 4.72 Å². The molecule has 1 rings (SSSR count). The third-order valence-electron chi connectivity index (χ3n) is 2.28. The Bertz CT molecular complexity index is 229. The van der Waals surface area contributed by atoms with Gasteiger partial charge in [-0.2, -0.15) is 25.1 Å². The van der Waals surface area contributed by atoms with Gasteiger partial charge in [-0.3, -0.25) is 4.79 Å². The van der Waals surface area contributed by atoms with E-state index in [2.05, 4.69) is 4.72 Å². The quantitative estimate of drug-likeness (QED) is 0.430. The molecule has 0 radical (unpaired) electrons. The van der Waals surface area contributed by atoms with Gasteiger partial charge in [-0.15, -0.1) is 6.54 Å². The molecular formula is C9H13F3NO2S-. The molecule has 7 heteroatoms. The van der Waals surface area contributed by atoms with Gasteiger partial charge in [0.25, 0.3) is 0 Å². The summed E-state index contributed by atoms with van der Waals surface area (Å²) in [4.78, 5) is 11.3. The molecular weight excluding hydrogens is 243 g/mol. The average molecular weight is 256 g/mol. The molecule has 0 aromatic carbocycles. The van der Waals surface area contributed by atoms with Crippen LogP contribution in [-0.2, 0) is 9.53 Å². The minimum absolute atomic E-state index is 0.0599. The number of hydrogen-bond donors (Lipinski definition) is 0. The lowest BCUT2D eigenvalue weighted by molar-refractivity contribution is -0.147. The molecule has 0 N–H and O–H groups in total. The standard InChI is InChI=1S/C9H13F3NO2S/c10-9(11,12)16-13-5-6-15-8(14)7-3-1-2-4-7/h7H,1-6H2/q-1. The Morgan fingerprint density at radius 3 is 2.56 bits per heavy atom. The summed E-state index contributed by atoms with van der Waals surface area (Å²) < 4.78 is 42.9. The number of alkyl halides is 3. The smallest absolute Gasteiger partial charge is 0.423 e. The number of nitrogens with zero attached hydrogens (tertiary/aromatic N) is 1. The first-order chi connectivity index (χ1) is 7.49. The Labute approximate surface area is 96.2 Å². The Kier molecular flexibility index (Phi) is 5.40. The lowest BCUT2D eigenvalue weighted by atomic mass is 10.1. The van der Waals surface area contributed by atoms with E-state index in [1.165, 1.54) is 0 Å². The molecule has 0 aromatic heterocycles. The van der Waals surface area contributed by atoms with Gasteiger partial charge in [-0.1, -0.05) is 12.8 Å². The third-order valence-corrected chi connectivity index (χ3v) is 2.80. The van der Waals surface area contributed by atoms with Crippen molar-refractivity contribution in [3.05, 3.63) is 4.72 Å². The van der Waals surface area contributed by atoms with E-state index in [4.69, 9.17) is 4.74 Å². The normalized spacial score (nSPS) is 17.7. The maximum absolute atomic E-state index is 11.6. The van der Waals surface area contributed by atoms with Crippen LogP contribution in [0.5, 0.6) is 0 Å². The molecule has 16 heavy (non-hydrogen) atoms. The lowest BCUT2D eigenvalue weighted by Crippen LogP contribution is -2.16. The van der Waals surface area contributed by atoms with Crippen molar-refractivity contribution in [1.82, 2.24) is 0 Å². The van der Waals surface area contributed by atoms with Gasteiger partial charge in [0.05, 0.1) is 12.5 Å². The Morgan fingerprint density at radius 2 is 2.00 bits per heavy atom. The van der Waals surface area contributed by atoms with Crippen molar-refractivity contribution >= 4 is 17.9 Å². The number of carbonyl (C=O) groups is 1. The molecule has 0 spiro atoms. The van der Waals surface area contributed by atoms with E-state index in [1.54, 1.807) is 0 Å². The van der Waals surface area contributed by atoms with Crippen molar-refractivity contribution in [2.45, 2.75) is 31.2 Å². The summed E-state index contributed by atoms with van der Waals surface area (Å²) in [6, 6.07) is 0. The first kappa shape index (κ1) is 13.6. The number of halogens is 3. The number of hydrogen-bond acceptors (Lipinski definition) is 3. The van der Waals surface area contributed by atoms with Gasteiger partial charge in [0.15, 0.2) is 0 Å². The largest absolute Gasteiger partial charge is 0.596 e. The van der Waals surface area contributed by atoms with Crippen LogP contribution in [0.2, 0.25) is 0 Å². The molecule has 94 valence electrons. The van der Waals surface area contributed by atoms with E-state index in [0.29, 0.717) is 0 Å². The zero-order valence-electron chi connectivity index (χ0n) is 8.63. The second-order valence-corrected chi connectivity index (χ2v) is 4.44. The summed E-state index contributed by atoms with van der Waals surface area (Å²) in [5.74, 6) is -0.361. The van der Waals surface area contributed by atoms with Crippen LogP contribution in [0.4, 0.5) is 13.2 Å². The van der Waals surface area contributed by atoms with E-state index in [9.17, 15) is 18.0 Å². The fourth-order valence-electron chi connectivity index (χ4n) is 1.58. The van der Waals surface area contributed by atoms with E-state index in [0.717, 1.165) is 25.7 Å². The summed E-state index contributed by atoms with van der Waals surface area (Å²) in [6.45, 7) is -0.193. The van der Waals surface area contributed by atoms with Crippen molar-refractivity contribution in [3.63, 3.8) is 0 Å². The molecule has 1 saturated carbocycles. The lowest BCUT2D eigenvalue weighted by Gasteiger charge is -2.20. The first-order valence-corrected chi connectivity index (χ1v) is 5.85. The molecule has 3 nitrogen and oxygen atoms in total. The average Bonchev–Trinajstić information content (AvgIpc) is 2.67. The van der Waals surface area contributed by atoms with E-state index in [-0.39, 0.29) is 25.0 Å². The van der Waals surface area contributed by atoms with Gasteiger partial charge < -0.3 is 9.46 Å². The molecule has 1 aliphatic rings. The van der Waals surface area contributed by atoms with Crippen LogP contribution in [0.3, 0.4) is 0 Å². The topological polar surface area (TPSA) is 40.4 Å². The van der Waals surface area contributed by atoms with Crippen LogP contribution < -0.4 is 0 Å². The molecule has 0 unspecified atom stereocenters. The molecule has 0 atom stereocenters. The highest BCUT2D eigenvalue weighted by atomic mass is 32.2. The molecule has 1 aliphatic carbocycles. The van der Waals surface area contributed by atoms with Gasteiger partial charge in [-0.05, 0) is 12.8 Å². The predicted molar refractivity (Wildman–Crippen MR) is 54.8 cm³/mol. The zero-order valence-corrected chi connectivity index (χ0v) is 9.44. The molecule has 0 heterocycles. The summed E-state index contributed by atoms with van der Waals surface area (Å²) in [6.07, 6.45) is 3.70. The summed E-state index contributed by atoms with van der Waals surface area (Å²) in [5, 5.41) is 0. The monoisotopic (exact) mass is 256 g/mol. The summed E-state index contributed by atoms with van der Waals surface area (Å²) in [5.41, 5.74) is -4.35. The van der Waals surface area contributed by atoms with Crippen molar-refractivity contribution in [3.8, 4) is 0 Å². The maximum atomic E-state index is 11.6. The minimum atomic E-state index is -4.35. The van der Waals surface area contributed by atoms with Gasteiger partial charge in [0.2, 0.25) is 0 Å². The van der Waals surface area contributed by atoms with E-state index < -0.39 is 17.5 Å². The maximum Gasteiger partial charge on any atom is 0.423 e. The molecule has 0 saturated heterocycles. The Hall–Kier alpha value is -0.430. The zero-order chi connectivity index (χ0) is 12.0. The van der Waals surface area contributed by atoms with Crippen molar-refractivity contribution < 1.29 is 22.7 Å². The second-order valence-electron chi connectivity index (χ2n) is 3.54. The molecule has 0 aliphatic heterocycles. The number of esters is 1.